The van der Waals surface area contributed by atoms with Gasteiger partial charge < -0.3 is 10.4 Å². The number of hydrogen-bond donors (Lipinski definition) is 2. The quantitative estimate of drug-likeness (QED) is 0.236. The average Bonchev–Trinajstić information content (AvgIpc) is 3.18. The number of pyridine rings is 1. The molecule has 0 aliphatic carbocycles. The molecule has 1 aliphatic heterocycles. The maximum Gasteiger partial charge on any atom is 0.267 e. The summed E-state index contributed by atoms with van der Waals surface area (Å²) in [6.07, 6.45) is 2.34. The van der Waals surface area contributed by atoms with Gasteiger partial charge in [-0.1, -0.05) is 90.2 Å². The number of nitrogens with one attached hydrogen (secondary N) is 1. The predicted molar refractivity (Wildman–Crippen MR) is 156 cm³/mol. The smallest absolute Gasteiger partial charge is 0.267 e. The SMILES string of the molecule is Cc1cccn2c(=O)c(/C=C3/SC(=S)N(Cc4ccccc4Cl)C3=O)c(NCC(O)c3ccccc3)nc12. The Labute approximate surface area is 233 Å². The number of benzene rings is 2. The fourth-order valence-electron chi connectivity index (χ4n) is 4.13. The number of hydrogen-bond acceptors (Lipinski definition) is 7. The van der Waals surface area contributed by atoms with E-state index in [0.717, 1.165) is 28.5 Å². The van der Waals surface area contributed by atoms with E-state index in [1.807, 2.05) is 61.5 Å². The number of aromatic nitrogens is 2. The van der Waals surface area contributed by atoms with Crippen LogP contribution >= 0.6 is 35.6 Å². The zero-order valence-electron chi connectivity index (χ0n) is 20.3. The molecule has 0 spiro atoms. The number of thiocarbonyl (C=S) groups is 1. The van der Waals surface area contributed by atoms with E-state index < -0.39 is 6.10 Å². The van der Waals surface area contributed by atoms with Crippen LogP contribution in [-0.4, -0.2) is 36.2 Å². The number of carbonyl (C=O) groups excluding carboxylic acids is 1. The molecule has 0 saturated carbocycles. The van der Waals surface area contributed by atoms with E-state index in [9.17, 15) is 14.7 Å². The van der Waals surface area contributed by atoms with Gasteiger partial charge in [-0.25, -0.2) is 4.98 Å². The van der Waals surface area contributed by atoms with Gasteiger partial charge >= 0.3 is 0 Å². The van der Waals surface area contributed by atoms with Gasteiger partial charge in [0, 0.05) is 17.8 Å². The fraction of sp³-hybridized carbons (Fsp3) is 0.143. The minimum atomic E-state index is -0.824. The van der Waals surface area contributed by atoms with Crippen LogP contribution in [0.1, 0.15) is 28.4 Å². The molecule has 2 aromatic carbocycles. The Balaban J connectivity index is 1.51. The van der Waals surface area contributed by atoms with E-state index in [1.165, 1.54) is 15.4 Å². The zero-order valence-corrected chi connectivity index (χ0v) is 22.7. The lowest BCUT2D eigenvalue weighted by Gasteiger charge is -2.16. The van der Waals surface area contributed by atoms with Crippen molar-refractivity contribution >= 4 is 63.3 Å². The molecule has 192 valence electrons. The maximum absolute atomic E-state index is 13.6. The number of amides is 1. The van der Waals surface area contributed by atoms with Crippen molar-refractivity contribution in [2.75, 3.05) is 11.9 Å². The Morgan fingerprint density at radius 3 is 2.61 bits per heavy atom. The number of anilines is 1. The molecular formula is C28H23ClN4O3S2. The number of aryl methyl sites for hydroxylation is 1. The van der Waals surface area contributed by atoms with Crippen molar-refractivity contribution in [3.63, 3.8) is 0 Å². The van der Waals surface area contributed by atoms with Gasteiger partial charge in [0.25, 0.3) is 11.5 Å². The van der Waals surface area contributed by atoms with Gasteiger partial charge in [-0.05, 0) is 41.8 Å². The van der Waals surface area contributed by atoms with Crippen LogP contribution in [0.4, 0.5) is 5.82 Å². The fourth-order valence-corrected chi connectivity index (χ4v) is 5.56. The number of rotatable bonds is 7. The first-order valence-corrected chi connectivity index (χ1v) is 13.4. The van der Waals surface area contributed by atoms with Crippen molar-refractivity contribution in [2.45, 2.75) is 19.6 Å². The summed E-state index contributed by atoms with van der Waals surface area (Å²) in [5, 5.41) is 14.4. The Kier molecular flexibility index (Phi) is 7.62. The van der Waals surface area contributed by atoms with Gasteiger partial charge in [-0.3, -0.25) is 18.9 Å². The topological polar surface area (TPSA) is 86.9 Å². The number of aliphatic hydroxyl groups is 1. The summed E-state index contributed by atoms with van der Waals surface area (Å²) in [7, 11) is 0. The number of fused-ring (bicyclic) bond motifs is 1. The first kappa shape index (κ1) is 26.1. The summed E-state index contributed by atoms with van der Waals surface area (Å²) < 4.78 is 1.82. The van der Waals surface area contributed by atoms with Gasteiger partial charge in [0.05, 0.1) is 23.1 Å². The molecule has 1 amide bonds. The summed E-state index contributed by atoms with van der Waals surface area (Å²) in [6, 6.07) is 20.1. The molecule has 1 atom stereocenters. The Morgan fingerprint density at radius 1 is 1.11 bits per heavy atom. The summed E-state index contributed by atoms with van der Waals surface area (Å²) >= 11 is 12.9. The molecule has 1 saturated heterocycles. The molecule has 5 rings (SSSR count). The summed E-state index contributed by atoms with van der Waals surface area (Å²) in [5.74, 6) is -0.0421. The molecule has 2 N–H and O–H groups in total. The number of aliphatic hydroxyl groups excluding tert-OH is 1. The highest BCUT2D eigenvalue weighted by atomic mass is 35.5. The van der Waals surface area contributed by atoms with Gasteiger partial charge in [0.15, 0.2) is 0 Å². The number of thioether (sulfide) groups is 1. The molecule has 3 heterocycles. The molecule has 10 heteroatoms. The molecule has 2 aromatic heterocycles. The Hall–Kier alpha value is -3.50. The van der Waals surface area contributed by atoms with Crippen LogP contribution < -0.4 is 10.9 Å². The highest BCUT2D eigenvalue weighted by molar-refractivity contribution is 8.26. The van der Waals surface area contributed by atoms with E-state index in [1.54, 1.807) is 18.3 Å². The standard InChI is InChI=1S/C28H23ClN4O3S2/c1-17-8-7-13-32-25(17)31-24(30-15-22(34)18-9-3-2-4-10-18)20(26(32)35)14-23-27(36)33(28(37)38-23)16-19-11-5-6-12-21(19)29/h2-14,22,30,34H,15-16H2,1H3/b23-14+. The summed E-state index contributed by atoms with van der Waals surface area (Å²) in [4.78, 5) is 33.4. The van der Waals surface area contributed by atoms with E-state index >= 15 is 0 Å². The van der Waals surface area contributed by atoms with Crippen molar-refractivity contribution < 1.29 is 9.90 Å². The zero-order chi connectivity index (χ0) is 26.8. The van der Waals surface area contributed by atoms with E-state index in [-0.39, 0.29) is 35.9 Å². The number of carbonyl (C=O) groups is 1. The monoisotopic (exact) mass is 562 g/mol. The van der Waals surface area contributed by atoms with Crippen LogP contribution in [0.15, 0.2) is 82.6 Å². The van der Waals surface area contributed by atoms with Crippen molar-refractivity contribution in [2.24, 2.45) is 0 Å². The third-order valence-corrected chi connectivity index (χ3v) is 7.91. The van der Waals surface area contributed by atoms with Gasteiger partial charge in [-0.15, -0.1) is 0 Å². The molecule has 7 nitrogen and oxygen atoms in total. The average molecular weight is 563 g/mol. The van der Waals surface area contributed by atoms with Gasteiger partial charge in [0.1, 0.15) is 15.8 Å². The number of halogens is 1. The van der Waals surface area contributed by atoms with Crippen LogP contribution in [0.3, 0.4) is 0 Å². The van der Waals surface area contributed by atoms with Gasteiger partial charge in [-0.2, -0.15) is 0 Å². The van der Waals surface area contributed by atoms with Crippen LogP contribution in [-0.2, 0) is 11.3 Å². The first-order chi connectivity index (χ1) is 18.3. The third kappa shape index (κ3) is 5.23. The van der Waals surface area contributed by atoms with Crippen molar-refractivity contribution in [1.29, 1.82) is 0 Å². The van der Waals surface area contributed by atoms with Crippen LogP contribution in [0, 0.1) is 6.92 Å². The van der Waals surface area contributed by atoms with E-state index in [0.29, 0.717) is 19.9 Å². The predicted octanol–water partition coefficient (Wildman–Crippen LogP) is 5.20. The normalized spacial score (nSPS) is 15.4. The third-order valence-electron chi connectivity index (χ3n) is 6.17. The molecule has 4 aromatic rings. The maximum atomic E-state index is 13.6. The van der Waals surface area contributed by atoms with Crippen molar-refractivity contribution in [3.05, 3.63) is 115 Å². The Bertz CT molecular complexity index is 1640. The first-order valence-electron chi connectivity index (χ1n) is 11.8. The summed E-state index contributed by atoms with van der Waals surface area (Å²) in [5.41, 5.74) is 2.66. The van der Waals surface area contributed by atoms with Gasteiger partial charge in [0.2, 0.25) is 0 Å². The highest BCUT2D eigenvalue weighted by Crippen LogP contribution is 2.35. The lowest BCUT2D eigenvalue weighted by molar-refractivity contribution is -0.122. The molecule has 0 radical (unpaired) electrons. The van der Waals surface area contributed by atoms with Crippen molar-refractivity contribution in [1.82, 2.24) is 14.3 Å². The van der Waals surface area contributed by atoms with Crippen molar-refractivity contribution in [3.8, 4) is 0 Å². The second-order valence-electron chi connectivity index (χ2n) is 8.73. The van der Waals surface area contributed by atoms with E-state index in [4.69, 9.17) is 28.8 Å². The molecule has 1 fully saturated rings. The number of nitrogens with zero attached hydrogens (tertiary/aromatic N) is 3. The lowest BCUT2D eigenvalue weighted by atomic mass is 10.1. The second-order valence-corrected chi connectivity index (χ2v) is 10.8. The minimum Gasteiger partial charge on any atom is -0.387 e. The lowest BCUT2D eigenvalue weighted by Crippen LogP contribution is -2.27. The van der Waals surface area contributed by atoms with Crippen LogP contribution in [0.25, 0.3) is 11.7 Å². The van der Waals surface area contributed by atoms with Crippen LogP contribution in [0.5, 0.6) is 0 Å². The van der Waals surface area contributed by atoms with E-state index in [2.05, 4.69) is 5.32 Å². The molecule has 0 bridgehead atoms. The highest BCUT2D eigenvalue weighted by Gasteiger charge is 2.33. The molecule has 1 unspecified atom stereocenters. The molecule has 1 aliphatic rings. The minimum absolute atomic E-state index is 0.118. The molecular weight excluding hydrogens is 540 g/mol. The second kappa shape index (κ2) is 11.1. The van der Waals surface area contributed by atoms with Crippen LogP contribution in [0.2, 0.25) is 5.02 Å². The summed E-state index contributed by atoms with van der Waals surface area (Å²) in [6.45, 7) is 2.21. The Morgan fingerprint density at radius 2 is 1.84 bits per heavy atom. The molecule has 38 heavy (non-hydrogen) atoms. The largest absolute Gasteiger partial charge is 0.387 e.